The van der Waals surface area contributed by atoms with Crippen LogP contribution in [0.4, 0.5) is 4.39 Å². The third-order valence-electron chi connectivity index (χ3n) is 2.99. The summed E-state index contributed by atoms with van der Waals surface area (Å²) in [6, 6.07) is 11.3. The van der Waals surface area contributed by atoms with E-state index in [1.54, 1.807) is 31.4 Å². The van der Waals surface area contributed by atoms with Gasteiger partial charge < -0.3 is 4.74 Å². The van der Waals surface area contributed by atoms with Crippen LogP contribution in [-0.2, 0) is 6.42 Å². The van der Waals surface area contributed by atoms with Gasteiger partial charge in [0.1, 0.15) is 11.6 Å². The number of halogens is 1. The molecule has 0 saturated carbocycles. The van der Waals surface area contributed by atoms with Gasteiger partial charge in [-0.25, -0.2) is 4.39 Å². The number of ether oxygens (including phenoxy) is 1. The molecule has 2 aromatic carbocycles. The molecule has 2 aromatic rings. The number of hydrogen-bond donors (Lipinski definition) is 0. The van der Waals surface area contributed by atoms with Crippen molar-refractivity contribution >= 4 is 5.78 Å². The minimum absolute atomic E-state index is 0.0114. The smallest absolute Gasteiger partial charge is 0.167 e. The fraction of sp³-hybridized carbons (Fsp3) is 0.188. The molecule has 0 saturated heterocycles. The first-order chi connectivity index (χ1) is 9.10. The van der Waals surface area contributed by atoms with E-state index >= 15 is 0 Å². The summed E-state index contributed by atoms with van der Waals surface area (Å²) in [6.45, 7) is 1.90. The number of aryl methyl sites for hydroxylation is 1. The van der Waals surface area contributed by atoms with E-state index in [0.717, 1.165) is 16.9 Å². The third-order valence-corrected chi connectivity index (χ3v) is 2.99. The minimum atomic E-state index is -0.295. The molecule has 0 atom stereocenters. The van der Waals surface area contributed by atoms with Gasteiger partial charge in [-0.15, -0.1) is 0 Å². The van der Waals surface area contributed by atoms with Gasteiger partial charge in [-0.3, -0.25) is 4.79 Å². The van der Waals surface area contributed by atoms with Crippen LogP contribution in [-0.4, -0.2) is 12.9 Å². The molecule has 98 valence electrons. The van der Waals surface area contributed by atoms with E-state index < -0.39 is 0 Å². The average Bonchev–Trinajstić information content (AvgIpc) is 2.41. The zero-order chi connectivity index (χ0) is 13.8. The summed E-state index contributed by atoms with van der Waals surface area (Å²) in [5.74, 6) is 0.479. The van der Waals surface area contributed by atoms with E-state index in [-0.39, 0.29) is 18.0 Å². The third kappa shape index (κ3) is 3.19. The highest BCUT2D eigenvalue weighted by atomic mass is 19.1. The van der Waals surface area contributed by atoms with E-state index in [1.165, 1.54) is 12.1 Å². The molecule has 0 unspecified atom stereocenters. The Hall–Kier alpha value is -2.16. The topological polar surface area (TPSA) is 26.3 Å². The summed E-state index contributed by atoms with van der Waals surface area (Å²) in [7, 11) is 1.60. The lowest BCUT2D eigenvalue weighted by Gasteiger charge is -2.07. The van der Waals surface area contributed by atoms with Crippen molar-refractivity contribution in [3.05, 3.63) is 65.0 Å². The SMILES string of the molecule is COc1ccc(C(=O)Cc2ccc(F)cc2)cc1C. The van der Waals surface area contributed by atoms with Crippen LogP contribution in [0.2, 0.25) is 0 Å². The van der Waals surface area contributed by atoms with Crippen LogP contribution < -0.4 is 4.74 Å². The van der Waals surface area contributed by atoms with Gasteiger partial charge in [-0.2, -0.15) is 0 Å². The molecule has 0 fully saturated rings. The Morgan fingerprint density at radius 1 is 1.16 bits per heavy atom. The van der Waals surface area contributed by atoms with Crippen molar-refractivity contribution in [3.63, 3.8) is 0 Å². The fourth-order valence-corrected chi connectivity index (χ4v) is 1.94. The molecule has 3 heteroatoms. The Balaban J connectivity index is 2.16. The monoisotopic (exact) mass is 258 g/mol. The van der Waals surface area contributed by atoms with Gasteiger partial charge in [-0.05, 0) is 48.4 Å². The molecule has 0 heterocycles. The molecule has 2 nitrogen and oxygen atoms in total. The van der Waals surface area contributed by atoms with Crippen molar-refractivity contribution in [2.24, 2.45) is 0 Å². The average molecular weight is 258 g/mol. The number of Topliss-reactive ketones (excluding diaryl/α,β-unsaturated/α-hetero) is 1. The van der Waals surface area contributed by atoms with Crippen molar-refractivity contribution in [1.29, 1.82) is 0 Å². The van der Waals surface area contributed by atoms with Gasteiger partial charge in [0.15, 0.2) is 5.78 Å². The first kappa shape index (κ1) is 13.3. The number of rotatable bonds is 4. The highest BCUT2D eigenvalue weighted by Gasteiger charge is 2.09. The Bertz CT molecular complexity index is 588. The maximum absolute atomic E-state index is 12.8. The summed E-state index contributed by atoms with van der Waals surface area (Å²) in [5, 5.41) is 0. The summed E-state index contributed by atoms with van der Waals surface area (Å²) < 4.78 is 17.9. The van der Waals surface area contributed by atoms with Crippen LogP contribution >= 0.6 is 0 Å². The number of ketones is 1. The molecule has 0 aliphatic heterocycles. The zero-order valence-electron chi connectivity index (χ0n) is 10.9. The number of carbonyl (C=O) groups is 1. The fourth-order valence-electron chi connectivity index (χ4n) is 1.94. The van der Waals surface area contributed by atoms with Crippen LogP contribution in [0.1, 0.15) is 21.5 Å². The highest BCUT2D eigenvalue weighted by molar-refractivity contribution is 5.97. The van der Waals surface area contributed by atoms with Crippen LogP contribution in [0, 0.1) is 12.7 Å². The second kappa shape index (κ2) is 5.65. The van der Waals surface area contributed by atoms with Crippen LogP contribution in [0.15, 0.2) is 42.5 Å². The normalized spacial score (nSPS) is 10.3. The summed E-state index contributed by atoms with van der Waals surface area (Å²) >= 11 is 0. The van der Waals surface area contributed by atoms with E-state index in [1.807, 2.05) is 13.0 Å². The van der Waals surface area contributed by atoms with Gasteiger partial charge in [0, 0.05) is 12.0 Å². The standard InChI is InChI=1S/C16H15FO2/c1-11-9-13(5-8-16(11)19-2)15(18)10-12-3-6-14(17)7-4-12/h3-9H,10H2,1-2H3. The maximum atomic E-state index is 12.8. The molecule has 0 N–H and O–H groups in total. The number of hydrogen-bond acceptors (Lipinski definition) is 2. The molecular weight excluding hydrogens is 243 g/mol. The number of methoxy groups -OCH3 is 1. The largest absolute Gasteiger partial charge is 0.496 e. The minimum Gasteiger partial charge on any atom is -0.496 e. The van der Waals surface area contributed by atoms with Gasteiger partial charge >= 0.3 is 0 Å². The molecule has 0 spiro atoms. The predicted molar refractivity (Wildman–Crippen MR) is 72.2 cm³/mol. The summed E-state index contributed by atoms with van der Waals surface area (Å²) in [6.07, 6.45) is 0.270. The van der Waals surface area contributed by atoms with Gasteiger partial charge in [0.2, 0.25) is 0 Å². The van der Waals surface area contributed by atoms with Crippen molar-refractivity contribution < 1.29 is 13.9 Å². The van der Waals surface area contributed by atoms with Gasteiger partial charge in [0.05, 0.1) is 7.11 Å². The van der Waals surface area contributed by atoms with Crippen molar-refractivity contribution in [2.75, 3.05) is 7.11 Å². The Morgan fingerprint density at radius 3 is 2.42 bits per heavy atom. The van der Waals surface area contributed by atoms with Crippen molar-refractivity contribution in [2.45, 2.75) is 13.3 Å². The molecule has 0 aromatic heterocycles. The van der Waals surface area contributed by atoms with Crippen LogP contribution in [0.5, 0.6) is 5.75 Å². The first-order valence-electron chi connectivity index (χ1n) is 6.02. The molecule has 0 aliphatic rings. The zero-order valence-corrected chi connectivity index (χ0v) is 10.9. The second-order valence-electron chi connectivity index (χ2n) is 4.41. The van der Waals surface area contributed by atoms with Gasteiger partial charge in [-0.1, -0.05) is 12.1 Å². The summed E-state index contributed by atoms with van der Waals surface area (Å²) in [5.41, 5.74) is 2.37. The summed E-state index contributed by atoms with van der Waals surface area (Å²) in [4.78, 5) is 12.1. The predicted octanol–water partition coefficient (Wildman–Crippen LogP) is 3.57. The van der Waals surface area contributed by atoms with Crippen molar-refractivity contribution in [3.8, 4) is 5.75 Å². The quantitative estimate of drug-likeness (QED) is 0.784. The first-order valence-corrected chi connectivity index (χ1v) is 6.02. The van der Waals surface area contributed by atoms with E-state index in [4.69, 9.17) is 4.74 Å². The van der Waals surface area contributed by atoms with E-state index in [0.29, 0.717) is 5.56 Å². The lowest BCUT2D eigenvalue weighted by molar-refractivity contribution is 0.0993. The highest BCUT2D eigenvalue weighted by Crippen LogP contribution is 2.19. The molecule has 0 aliphatic carbocycles. The number of benzene rings is 2. The maximum Gasteiger partial charge on any atom is 0.167 e. The molecular formula is C16H15FO2. The van der Waals surface area contributed by atoms with Crippen LogP contribution in [0.25, 0.3) is 0 Å². The molecule has 2 rings (SSSR count). The molecule has 19 heavy (non-hydrogen) atoms. The van der Waals surface area contributed by atoms with Crippen molar-refractivity contribution in [1.82, 2.24) is 0 Å². The van der Waals surface area contributed by atoms with E-state index in [2.05, 4.69) is 0 Å². The Morgan fingerprint density at radius 2 is 1.84 bits per heavy atom. The lowest BCUT2D eigenvalue weighted by Crippen LogP contribution is -2.04. The van der Waals surface area contributed by atoms with E-state index in [9.17, 15) is 9.18 Å². The second-order valence-corrected chi connectivity index (χ2v) is 4.41. The van der Waals surface area contributed by atoms with Crippen LogP contribution in [0.3, 0.4) is 0 Å². The lowest BCUT2D eigenvalue weighted by atomic mass is 10.0. The Labute approximate surface area is 111 Å². The number of carbonyl (C=O) groups excluding carboxylic acids is 1. The van der Waals surface area contributed by atoms with Gasteiger partial charge in [0.25, 0.3) is 0 Å². The molecule has 0 radical (unpaired) electrons. The molecule has 0 amide bonds. The Kier molecular flexibility index (Phi) is 3.95. The molecule has 0 bridgehead atoms.